The van der Waals surface area contributed by atoms with Crippen LogP contribution >= 0.6 is 11.6 Å². The lowest BCUT2D eigenvalue weighted by Gasteiger charge is -2.18. The minimum Gasteiger partial charge on any atom is -0.267 e. The van der Waals surface area contributed by atoms with Crippen molar-refractivity contribution in [3.05, 3.63) is 82.1 Å². The van der Waals surface area contributed by atoms with Gasteiger partial charge in [0.15, 0.2) is 0 Å². The van der Waals surface area contributed by atoms with Gasteiger partial charge in [-0.3, -0.25) is 4.79 Å². The average Bonchev–Trinajstić information content (AvgIpc) is 2.96. The van der Waals surface area contributed by atoms with Crippen molar-refractivity contribution in [1.29, 1.82) is 0 Å². The van der Waals surface area contributed by atoms with E-state index in [1.807, 2.05) is 49.4 Å². The first-order chi connectivity index (χ1) is 13.3. The van der Waals surface area contributed by atoms with Crippen molar-refractivity contribution in [1.82, 2.24) is 15.2 Å². The Hall–Kier alpha value is -2.92. The molecule has 1 amide bonds. The quantitative estimate of drug-likeness (QED) is 0.505. The van der Waals surface area contributed by atoms with Crippen LogP contribution < -0.4 is 5.43 Å². The topological polar surface area (TPSA) is 59.3 Å². The van der Waals surface area contributed by atoms with E-state index < -0.39 is 0 Å². The second-order valence-electron chi connectivity index (χ2n) is 7.56. The molecule has 0 spiro atoms. The largest absolute Gasteiger partial charge is 0.271 e. The summed E-state index contributed by atoms with van der Waals surface area (Å²) in [7, 11) is 0. The average molecular weight is 395 g/mol. The van der Waals surface area contributed by atoms with Gasteiger partial charge in [-0.25, -0.2) is 10.1 Å². The summed E-state index contributed by atoms with van der Waals surface area (Å²) in [5.74, 6) is -0.277. The number of hydrogen-bond donors (Lipinski definition) is 1. The van der Waals surface area contributed by atoms with E-state index in [1.165, 1.54) is 11.8 Å². The van der Waals surface area contributed by atoms with Crippen LogP contribution in [0.1, 0.15) is 48.0 Å². The predicted octanol–water partition coefficient (Wildman–Crippen LogP) is 4.90. The molecule has 144 valence electrons. The Kier molecular flexibility index (Phi) is 5.66. The first-order valence-electron chi connectivity index (χ1n) is 9.02. The van der Waals surface area contributed by atoms with Crippen LogP contribution in [0.3, 0.4) is 0 Å². The van der Waals surface area contributed by atoms with Crippen LogP contribution in [0.5, 0.6) is 0 Å². The highest BCUT2D eigenvalue weighted by Gasteiger charge is 2.15. The van der Waals surface area contributed by atoms with Gasteiger partial charge in [0, 0.05) is 5.56 Å². The van der Waals surface area contributed by atoms with E-state index in [4.69, 9.17) is 11.6 Å². The zero-order valence-corrected chi connectivity index (χ0v) is 17.2. The van der Waals surface area contributed by atoms with Crippen molar-refractivity contribution < 1.29 is 4.79 Å². The molecule has 0 atom stereocenters. The molecule has 0 bridgehead atoms. The number of benzene rings is 2. The number of hydrogen-bond acceptors (Lipinski definition) is 3. The van der Waals surface area contributed by atoms with Crippen molar-refractivity contribution in [3.8, 4) is 5.69 Å². The molecule has 0 aliphatic heterocycles. The number of nitrogens with one attached hydrogen (secondary N) is 1. The van der Waals surface area contributed by atoms with Gasteiger partial charge in [0.1, 0.15) is 5.15 Å². The lowest BCUT2D eigenvalue weighted by atomic mass is 9.87. The van der Waals surface area contributed by atoms with Crippen LogP contribution in [0.15, 0.2) is 59.7 Å². The third-order valence-corrected chi connectivity index (χ3v) is 4.79. The molecule has 0 radical (unpaired) electrons. The Morgan fingerprint density at radius 3 is 2.36 bits per heavy atom. The minimum atomic E-state index is -0.277. The summed E-state index contributed by atoms with van der Waals surface area (Å²) in [5, 5.41) is 8.95. The number of halogens is 1. The van der Waals surface area contributed by atoms with Gasteiger partial charge in [-0.05, 0) is 42.2 Å². The van der Waals surface area contributed by atoms with E-state index in [2.05, 4.69) is 36.4 Å². The molecule has 0 aliphatic carbocycles. The smallest absolute Gasteiger partial charge is 0.267 e. The molecule has 2 aromatic carbocycles. The molecule has 0 saturated heterocycles. The second kappa shape index (κ2) is 7.98. The van der Waals surface area contributed by atoms with Gasteiger partial charge >= 0.3 is 0 Å². The Morgan fingerprint density at radius 2 is 1.75 bits per heavy atom. The zero-order chi connectivity index (χ0) is 20.3. The number of carbonyl (C=O) groups excluding carboxylic acids is 1. The summed E-state index contributed by atoms with van der Waals surface area (Å²) in [6, 6.07) is 17.1. The van der Waals surface area contributed by atoms with Crippen LogP contribution in [0.25, 0.3) is 5.69 Å². The van der Waals surface area contributed by atoms with Crippen LogP contribution in [-0.4, -0.2) is 21.9 Å². The standard InChI is InChI=1S/C22H23ClN4O/c1-15-19(20(23)27(26-15)18-8-6-5-7-9-18)14-24-25-21(28)16-10-12-17(13-11-16)22(2,3)4/h5-14H,1-4H3,(H,25,28)/b24-14+. The summed E-state index contributed by atoms with van der Waals surface area (Å²) in [6.45, 7) is 8.25. The van der Waals surface area contributed by atoms with Gasteiger partial charge in [0.25, 0.3) is 5.91 Å². The number of aryl methyl sites for hydroxylation is 1. The highest BCUT2D eigenvalue weighted by molar-refractivity contribution is 6.32. The molecule has 0 saturated carbocycles. The highest BCUT2D eigenvalue weighted by Crippen LogP contribution is 2.23. The molecule has 3 rings (SSSR count). The van der Waals surface area contributed by atoms with Crippen molar-refractivity contribution >= 4 is 23.7 Å². The molecule has 0 aliphatic rings. The number of carbonyl (C=O) groups is 1. The van der Waals surface area contributed by atoms with Crippen LogP contribution in [0.4, 0.5) is 0 Å². The van der Waals surface area contributed by atoms with Crippen molar-refractivity contribution in [3.63, 3.8) is 0 Å². The van der Waals surface area contributed by atoms with Crippen molar-refractivity contribution in [2.24, 2.45) is 5.10 Å². The Bertz CT molecular complexity index is 1000. The summed E-state index contributed by atoms with van der Waals surface area (Å²) >= 11 is 6.45. The molecule has 0 unspecified atom stereocenters. The normalized spacial score (nSPS) is 11.8. The third-order valence-electron chi connectivity index (χ3n) is 4.42. The van der Waals surface area contributed by atoms with Gasteiger partial charge in [-0.2, -0.15) is 10.2 Å². The molecule has 5 nitrogen and oxygen atoms in total. The van der Waals surface area contributed by atoms with Crippen molar-refractivity contribution in [2.75, 3.05) is 0 Å². The van der Waals surface area contributed by atoms with E-state index in [1.54, 1.807) is 16.8 Å². The molecule has 1 N–H and O–H groups in total. The zero-order valence-electron chi connectivity index (χ0n) is 16.4. The third kappa shape index (κ3) is 4.31. The van der Waals surface area contributed by atoms with Gasteiger partial charge < -0.3 is 0 Å². The first-order valence-corrected chi connectivity index (χ1v) is 9.39. The number of hydrazone groups is 1. The molecule has 1 heterocycles. The van der Waals surface area contributed by atoms with Gasteiger partial charge in [0.2, 0.25) is 0 Å². The molecule has 1 aromatic heterocycles. The number of aromatic nitrogens is 2. The maximum atomic E-state index is 12.3. The fraction of sp³-hybridized carbons (Fsp3) is 0.227. The van der Waals surface area contributed by atoms with E-state index >= 15 is 0 Å². The molecule has 3 aromatic rings. The summed E-state index contributed by atoms with van der Waals surface area (Å²) in [4.78, 5) is 12.3. The maximum Gasteiger partial charge on any atom is 0.271 e. The lowest BCUT2D eigenvalue weighted by molar-refractivity contribution is 0.0955. The van der Waals surface area contributed by atoms with Gasteiger partial charge in [-0.1, -0.05) is 62.7 Å². The number of rotatable bonds is 4. The van der Waals surface area contributed by atoms with Crippen molar-refractivity contribution in [2.45, 2.75) is 33.1 Å². The van der Waals surface area contributed by atoms with Crippen LogP contribution in [-0.2, 0) is 5.41 Å². The molecule has 28 heavy (non-hydrogen) atoms. The Labute approximate surface area is 170 Å². The SMILES string of the molecule is Cc1nn(-c2ccccc2)c(Cl)c1/C=N/NC(=O)c1ccc(C(C)(C)C)cc1. The molecular weight excluding hydrogens is 372 g/mol. The second-order valence-corrected chi connectivity index (χ2v) is 7.92. The summed E-state index contributed by atoms with van der Waals surface area (Å²) in [5.41, 5.74) is 6.55. The first kappa shape index (κ1) is 19.8. The monoisotopic (exact) mass is 394 g/mol. The highest BCUT2D eigenvalue weighted by atomic mass is 35.5. The minimum absolute atomic E-state index is 0.0420. The van der Waals surface area contributed by atoms with E-state index in [0.717, 1.165) is 11.4 Å². The van der Waals surface area contributed by atoms with Gasteiger partial charge in [-0.15, -0.1) is 0 Å². The molecular formula is C22H23ClN4O. The Balaban J connectivity index is 1.73. The number of nitrogens with zero attached hydrogens (tertiary/aromatic N) is 3. The van der Waals surface area contributed by atoms with E-state index in [0.29, 0.717) is 16.3 Å². The van der Waals surface area contributed by atoms with E-state index in [9.17, 15) is 4.79 Å². The van der Waals surface area contributed by atoms with E-state index in [-0.39, 0.29) is 11.3 Å². The van der Waals surface area contributed by atoms with Gasteiger partial charge in [0.05, 0.1) is 23.2 Å². The predicted molar refractivity (Wildman–Crippen MR) is 114 cm³/mol. The maximum absolute atomic E-state index is 12.3. The van der Waals surface area contributed by atoms with Crippen LogP contribution in [0, 0.1) is 6.92 Å². The van der Waals surface area contributed by atoms with Crippen LogP contribution in [0.2, 0.25) is 5.15 Å². The number of amides is 1. The fourth-order valence-electron chi connectivity index (χ4n) is 2.74. The Morgan fingerprint density at radius 1 is 1.11 bits per heavy atom. The lowest BCUT2D eigenvalue weighted by Crippen LogP contribution is -2.18. The summed E-state index contributed by atoms with van der Waals surface area (Å²) in [6.07, 6.45) is 1.52. The summed E-state index contributed by atoms with van der Waals surface area (Å²) < 4.78 is 1.64. The molecule has 0 fully saturated rings. The molecule has 6 heteroatoms. The fourth-order valence-corrected chi connectivity index (χ4v) is 3.06. The number of para-hydroxylation sites is 1.